The van der Waals surface area contributed by atoms with Crippen LogP contribution in [0.2, 0.25) is 0 Å². The molecule has 1 aromatic heterocycles. The fourth-order valence-corrected chi connectivity index (χ4v) is 1.31. The standard InChI is InChI=1S/C13H24N4O2/c1-6-19-8-11-15-9(14)7-10(16-11)17-12(2,3)13(4,5)18/h7,18H,6,8H2,1-5H3,(H3,14,15,16,17). The van der Waals surface area contributed by atoms with Crippen LogP contribution in [-0.4, -0.2) is 32.8 Å². The van der Waals surface area contributed by atoms with Crippen molar-refractivity contribution >= 4 is 11.6 Å². The highest BCUT2D eigenvalue weighted by Crippen LogP contribution is 2.25. The van der Waals surface area contributed by atoms with Gasteiger partial charge in [0.1, 0.15) is 18.2 Å². The third-order valence-corrected chi connectivity index (χ3v) is 3.20. The third-order valence-electron chi connectivity index (χ3n) is 3.20. The highest BCUT2D eigenvalue weighted by Gasteiger charge is 2.35. The molecular weight excluding hydrogens is 244 g/mol. The molecule has 1 rings (SSSR count). The van der Waals surface area contributed by atoms with Crippen molar-refractivity contribution < 1.29 is 9.84 Å². The van der Waals surface area contributed by atoms with Gasteiger partial charge in [0.2, 0.25) is 0 Å². The van der Waals surface area contributed by atoms with Crippen LogP contribution in [0, 0.1) is 0 Å². The Balaban J connectivity index is 2.92. The Morgan fingerprint density at radius 1 is 1.32 bits per heavy atom. The molecule has 0 atom stereocenters. The maximum absolute atomic E-state index is 10.1. The van der Waals surface area contributed by atoms with Crippen molar-refractivity contribution in [1.82, 2.24) is 9.97 Å². The van der Waals surface area contributed by atoms with Gasteiger partial charge in [-0.15, -0.1) is 0 Å². The van der Waals surface area contributed by atoms with Crippen molar-refractivity contribution in [2.24, 2.45) is 0 Å². The number of rotatable bonds is 6. The zero-order valence-electron chi connectivity index (χ0n) is 12.3. The van der Waals surface area contributed by atoms with Crippen LogP contribution < -0.4 is 11.1 Å². The topological polar surface area (TPSA) is 93.3 Å². The number of nitrogens with one attached hydrogen (secondary N) is 1. The van der Waals surface area contributed by atoms with Crippen molar-refractivity contribution in [2.45, 2.75) is 52.4 Å². The van der Waals surface area contributed by atoms with Crippen LogP contribution in [0.25, 0.3) is 0 Å². The minimum atomic E-state index is -0.910. The number of nitrogens with zero attached hydrogens (tertiary/aromatic N) is 2. The lowest BCUT2D eigenvalue weighted by Crippen LogP contribution is -2.51. The van der Waals surface area contributed by atoms with E-state index in [1.165, 1.54) is 0 Å². The first kappa shape index (κ1) is 15.7. The second-order valence-corrected chi connectivity index (χ2v) is 5.54. The monoisotopic (exact) mass is 268 g/mol. The number of aliphatic hydroxyl groups is 1. The summed E-state index contributed by atoms with van der Waals surface area (Å²) in [4.78, 5) is 8.43. The average molecular weight is 268 g/mol. The number of ether oxygens (including phenoxy) is 1. The summed E-state index contributed by atoms with van der Waals surface area (Å²) < 4.78 is 5.27. The van der Waals surface area contributed by atoms with Gasteiger partial charge in [0.05, 0.1) is 11.1 Å². The summed E-state index contributed by atoms with van der Waals surface area (Å²) in [5, 5.41) is 13.3. The molecule has 0 aliphatic rings. The molecule has 0 aromatic carbocycles. The predicted octanol–water partition coefficient (Wildman–Crippen LogP) is 1.56. The van der Waals surface area contributed by atoms with Crippen LogP contribution in [0.5, 0.6) is 0 Å². The van der Waals surface area contributed by atoms with Gasteiger partial charge < -0.3 is 20.9 Å². The number of nitrogen functional groups attached to an aromatic ring is 1. The van der Waals surface area contributed by atoms with Crippen molar-refractivity contribution in [2.75, 3.05) is 17.7 Å². The molecule has 0 aliphatic carbocycles. The van der Waals surface area contributed by atoms with Gasteiger partial charge in [0.15, 0.2) is 5.82 Å². The summed E-state index contributed by atoms with van der Waals surface area (Å²) in [6.07, 6.45) is 0. The number of hydrogen-bond acceptors (Lipinski definition) is 6. The molecule has 6 nitrogen and oxygen atoms in total. The van der Waals surface area contributed by atoms with E-state index < -0.39 is 11.1 Å². The Bertz CT molecular complexity index is 427. The van der Waals surface area contributed by atoms with Gasteiger partial charge in [-0.3, -0.25) is 0 Å². The molecular formula is C13H24N4O2. The molecule has 0 amide bonds. The van der Waals surface area contributed by atoms with Crippen LogP contribution in [-0.2, 0) is 11.3 Å². The van der Waals surface area contributed by atoms with Gasteiger partial charge in [0, 0.05) is 12.7 Å². The molecule has 0 aliphatic heterocycles. The summed E-state index contributed by atoms with van der Waals surface area (Å²) in [6, 6.07) is 1.64. The first-order valence-corrected chi connectivity index (χ1v) is 6.37. The zero-order chi connectivity index (χ0) is 14.7. The first-order valence-electron chi connectivity index (χ1n) is 6.37. The van der Waals surface area contributed by atoms with Gasteiger partial charge >= 0.3 is 0 Å². The van der Waals surface area contributed by atoms with E-state index in [2.05, 4.69) is 15.3 Å². The summed E-state index contributed by atoms with van der Waals surface area (Å²) in [7, 11) is 0. The largest absolute Gasteiger partial charge is 0.388 e. The van der Waals surface area contributed by atoms with Crippen LogP contribution in [0.3, 0.4) is 0 Å². The zero-order valence-corrected chi connectivity index (χ0v) is 12.3. The summed E-state index contributed by atoms with van der Waals surface area (Å²) in [5.74, 6) is 1.48. The van der Waals surface area contributed by atoms with E-state index >= 15 is 0 Å². The van der Waals surface area contributed by atoms with Gasteiger partial charge in [0.25, 0.3) is 0 Å². The Morgan fingerprint density at radius 3 is 2.47 bits per heavy atom. The molecule has 0 saturated heterocycles. The normalized spacial score (nSPS) is 12.5. The van der Waals surface area contributed by atoms with Gasteiger partial charge in [-0.1, -0.05) is 0 Å². The van der Waals surface area contributed by atoms with Crippen LogP contribution in [0.4, 0.5) is 11.6 Å². The van der Waals surface area contributed by atoms with Crippen molar-refractivity contribution in [1.29, 1.82) is 0 Å². The maximum atomic E-state index is 10.1. The quantitative estimate of drug-likeness (QED) is 0.725. The molecule has 0 radical (unpaired) electrons. The fraction of sp³-hybridized carbons (Fsp3) is 0.692. The Kier molecular flexibility index (Phi) is 4.70. The van der Waals surface area contributed by atoms with E-state index in [1.54, 1.807) is 19.9 Å². The Morgan fingerprint density at radius 2 is 1.95 bits per heavy atom. The lowest BCUT2D eigenvalue weighted by atomic mass is 9.86. The predicted molar refractivity (Wildman–Crippen MR) is 75.8 cm³/mol. The van der Waals surface area contributed by atoms with E-state index in [0.29, 0.717) is 30.7 Å². The van der Waals surface area contributed by atoms with Crippen molar-refractivity contribution in [3.63, 3.8) is 0 Å². The van der Waals surface area contributed by atoms with Gasteiger partial charge in [-0.2, -0.15) is 0 Å². The molecule has 0 fully saturated rings. The molecule has 1 heterocycles. The van der Waals surface area contributed by atoms with Gasteiger partial charge in [-0.25, -0.2) is 9.97 Å². The summed E-state index contributed by atoms with van der Waals surface area (Å²) >= 11 is 0. The second kappa shape index (κ2) is 5.71. The molecule has 0 bridgehead atoms. The molecule has 0 saturated carbocycles. The van der Waals surface area contributed by atoms with Crippen LogP contribution in [0.1, 0.15) is 40.4 Å². The lowest BCUT2D eigenvalue weighted by molar-refractivity contribution is 0.0238. The number of nitrogens with two attached hydrogens (primary N) is 1. The van der Waals surface area contributed by atoms with Gasteiger partial charge in [-0.05, 0) is 34.6 Å². The number of aromatic nitrogens is 2. The summed E-state index contributed by atoms with van der Waals surface area (Å²) in [6.45, 7) is 10.1. The molecule has 0 spiro atoms. The van der Waals surface area contributed by atoms with E-state index in [9.17, 15) is 5.11 Å². The van der Waals surface area contributed by atoms with Crippen molar-refractivity contribution in [3.8, 4) is 0 Å². The lowest BCUT2D eigenvalue weighted by Gasteiger charge is -2.38. The molecule has 4 N–H and O–H groups in total. The molecule has 108 valence electrons. The van der Waals surface area contributed by atoms with E-state index in [1.807, 2.05) is 20.8 Å². The highest BCUT2D eigenvalue weighted by molar-refractivity contribution is 5.46. The summed E-state index contributed by atoms with van der Waals surface area (Å²) in [5.41, 5.74) is 4.28. The van der Waals surface area contributed by atoms with E-state index in [4.69, 9.17) is 10.5 Å². The van der Waals surface area contributed by atoms with Crippen molar-refractivity contribution in [3.05, 3.63) is 11.9 Å². The fourth-order valence-electron chi connectivity index (χ4n) is 1.31. The average Bonchev–Trinajstić information content (AvgIpc) is 2.23. The number of hydrogen-bond donors (Lipinski definition) is 3. The highest BCUT2D eigenvalue weighted by atomic mass is 16.5. The SMILES string of the molecule is CCOCc1nc(N)cc(NC(C)(C)C(C)(C)O)n1. The van der Waals surface area contributed by atoms with E-state index in [-0.39, 0.29) is 0 Å². The Labute approximate surface area is 114 Å². The maximum Gasteiger partial charge on any atom is 0.158 e. The molecule has 19 heavy (non-hydrogen) atoms. The first-order chi connectivity index (χ1) is 8.65. The minimum absolute atomic E-state index is 0.319. The Hall–Kier alpha value is -1.40. The molecule has 1 aromatic rings. The minimum Gasteiger partial charge on any atom is -0.388 e. The van der Waals surface area contributed by atoms with Crippen LogP contribution in [0.15, 0.2) is 6.07 Å². The smallest absolute Gasteiger partial charge is 0.158 e. The molecule has 0 unspecified atom stereocenters. The second-order valence-electron chi connectivity index (χ2n) is 5.54. The number of anilines is 2. The third kappa shape index (κ3) is 4.33. The van der Waals surface area contributed by atoms with Crippen LogP contribution >= 0.6 is 0 Å². The molecule has 6 heteroatoms. The van der Waals surface area contributed by atoms with E-state index in [0.717, 1.165) is 0 Å².